The summed E-state index contributed by atoms with van der Waals surface area (Å²) in [6.45, 7) is 1.67. The van der Waals surface area contributed by atoms with Crippen LogP contribution >= 0.6 is 0 Å². The zero-order chi connectivity index (χ0) is 14.5. The minimum absolute atomic E-state index is 0.146. The topological polar surface area (TPSA) is 84.2 Å². The van der Waals surface area contributed by atoms with Gasteiger partial charge in [0.05, 0.1) is 6.04 Å². The van der Waals surface area contributed by atoms with Crippen LogP contribution in [-0.4, -0.2) is 29.9 Å². The minimum atomic E-state index is -0.645. The summed E-state index contributed by atoms with van der Waals surface area (Å²) < 4.78 is 0. The van der Waals surface area contributed by atoms with Crippen molar-refractivity contribution in [2.24, 2.45) is 5.73 Å². The molecular formula is C15H21N3O2. The number of rotatable bonds is 6. The van der Waals surface area contributed by atoms with Gasteiger partial charge in [-0.25, -0.2) is 0 Å². The van der Waals surface area contributed by atoms with Crippen LogP contribution in [0.1, 0.15) is 25.3 Å². The fourth-order valence-electron chi connectivity index (χ4n) is 1.90. The van der Waals surface area contributed by atoms with Crippen molar-refractivity contribution < 1.29 is 9.59 Å². The van der Waals surface area contributed by atoms with Gasteiger partial charge in [0, 0.05) is 6.04 Å². The molecule has 1 aliphatic carbocycles. The number of amides is 2. The van der Waals surface area contributed by atoms with E-state index in [4.69, 9.17) is 5.73 Å². The van der Waals surface area contributed by atoms with Crippen molar-refractivity contribution in [1.29, 1.82) is 0 Å². The van der Waals surface area contributed by atoms with E-state index in [1.165, 1.54) is 0 Å². The highest BCUT2D eigenvalue weighted by atomic mass is 16.2. The van der Waals surface area contributed by atoms with Crippen LogP contribution in [0, 0.1) is 0 Å². The minimum Gasteiger partial charge on any atom is -0.352 e. The molecule has 2 atom stereocenters. The van der Waals surface area contributed by atoms with Crippen molar-refractivity contribution in [3.63, 3.8) is 0 Å². The molecule has 1 fully saturated rings. The first-order chi connectivity index (χ1) is 9.56. The van der Waals surface area contributed by atoms with Gasteiger partial charge in [0.2, 0.25) is 11.8 Å². The number of carbonyl (C=O) groups excluding carboxylic acids is 2. The lowest BCUT2D eigenvalue weighted by molar-refractivity contribution is -0.129. The monoisotopic (exact) mass is 275 g/mol. The second-order valence-electron chi connectivity index (χ2n) is 5.31. The molecule has 0 radical (unpaired) electrons. The average molecular weight is 275 g/mol. The normalized spacial score (nSPS) is 17.1. The quantitative estimate of drug-likeness (QED) is 0.700. The third-order valence-electron chi connectivity index (χ3n) is 3.31. The van der Waals surface area contributed by atoms with Gasteiger partial charge < -0.3 is 16.4 Å². The molecule has 1 aromatic rings. The lowest BCUT2D eigenvalue weighted by Gasteiger charge is -2.17. The summed E-state index contributed by atoms with van der Waals surface area (Å²) in [5, 5.41) is 5.51. The summed E-state index contributed by atoms with van der Waals surface area (Å²) in [5.41, 5.74) is 6.87. The summed E-state index contributed by atoms with van der Waals surface area (Å²) in [7, 11) is 0. The van der Waals surface area contributed by atoms with E-state index in [-0.39, 0.29) is 11.8 Å². The third kappa shape index (κ3) is 4.35. The Kier molecular flexibility index (Phi) is 4.74. The standard InChI is InChI=1S/C15H21N3O2/c1-10(14(19)18-12-7-8-12)17-15(20)13(16)9-11-5-3-2-4-6-11/h2-6,10,12-13H,7-9,16H2,1H3,(H,17,20)(H,18,19)/t10?,13-/m1/s1. The SMILES string of the molecule is CC(NC(=O)[C@H](N)Cc1ccccc1)C(=O)NC1CC1. The molecule has 5 nitrogen and oxygen atoms in total. The molecule has 0 heterocycles. The van der Waals surface area contributed by atoms with Crippen molar-refractivity contribution >= 4 is 11.8 Å². The first-order valence-corrected chi connectivity index (χ1v) is 6.96. The molecule has 2 amide bonds. The van der Waals surface area contributed by atoms with E-state index in [1.807, 2.05) is 30.3 Å². The number of nitrogens with two attached hydrogens (primary N) is 1. The third-order valence-corrected chi connectivity index (χ3v) is 3.31. The molecule has 0 aliphatic heterocycles. The average Bonchev–Trinajstić information content (AvgIpc) is 3.23. The Bertz CT molecular complexity index is 471. The lowest BCUT2D eigenvalue weighted by atomic mass is 10.1. The Balaban J connectivity index is 1.79. The summed E-state index contributed by atoms with van der Waals surface area (Å²) in [4.78, 5) is 23.7. The van der Waals surface area contributed by atoms with E-state index < -0.39 is 12.1 Å². The molecule has 1 unspecified atom stereocenters. The molecule has 1 saturated carbocycles. The maximum atomic E-state index is 11.9. The zero-order valence-corrected chi connectivity index (χ0v) is 11.6. The molecular weight excluding hydrogens is 254 g/mol. The first-order valence-electron chi connectivity index (χ1n) is 6.96. The van der Waals surface area contributed by atoms with Gasteiger partial charge in [-0.15, -0.1) is 0 Å². The summed E-state index contributed by atoms with van der Waals surface area (Å²) in [6, 6.07) is 8.68. The van der Waals surface area contributed by atoms with Gasteiger partial charge in [-0.3, -0.25) is 9.59 Å². The molecule has 0 aromatic heterocycles. The van der Waals surface area contributed by atoms with Gasteiger partial charge in [-0.05, 0) is 31.7 Å². The number of carbonyl (C=O) groups is 2. The highest BCUT2D eigenvalue weighted by molar-refractivity contribution is 5.89. The van der Waals surface area contributed by atoms with Crippen molar-refractivity contribution in [2.75, 3.05) is 0 Å². The van der Waals surface area contributed by atoms with Crippen LogP contribution in [0.25, 0.3) is 0 Å². The number of hydrogen-bond acceptors (Lipinski definition) is 3. The molecule has 0 bridgehead atoms. The first kappa shape index (κ1) is 14.5. The second kappa shape index (κ2) is 6.52. The summed E-state index contributed by atoms with van der Waals surface area (Å²) in [6.07, 6.45) is 2.52. The Morgan fingerprint density at radius 2 is 1.90 bits per heavy atom. The van der Waals surface area contributed by atoms with E-state index in [0.717, 1.165) is 18.4 Å². The maximum absolute atomic E-state index is 11.9. The van der Waals surface area contributed by atoms with Crippen LogP contribution in [0.4, 0.5) is 0 Å². The molecule has 0 spiro atoms. The Morgan fingerprint density at radius 3 is 2.50 bits per heavy atom. The zero-order valence-electron chi connectivity index (χ0n) is 11.6. The van der Waals surface area contributed by atoms with Crippen LogP contribution in [-0.2, 0) is 16.0 Å². The molecule has 20 heavy (non-hydrogen) atoms. The van der Waals surface area contributed by atoms with E-state index in [1.54, 1.807) is 6.92 Å². The Labute approximate surface area is 118 Å². The second-order valence-corrected chi connectivity index (χ2v) is 5.31. The van der Waals surface area contributed by atoms with Crippen molar-refractivity contribution in [3.05, 3.63) is 35.9 Å². The van der Waals surface area contributed by atoms with Gasteiger partial charge >= 0.3 is 0 Å². The van der Waals surface area contributed by atoms with Gasteiger partial charge in [-0.1, -0.05) is 30.3 Å². The fourth-order valence-corrected chi connectivity index (χ4v) is 1.90. The smallest absolute Gasteiger partial charge is 0.242 e. The van der Waals surface area contributed by atoms with Crippen molar-refractivity contribution in [3.8, 4) is 0 Å². The van der Waals surface area contributed by atoms with Crippen molar-refractivity contribution in [2.45, 2.75) is 44.3 Å². The van der Waals surface area contributed by atoms with Gasteiger partial charge in [-0.2, -0.15) is 0 Å². The molecule has 2 rings (SSSR count). The highest BCUT2D eigenvalue weighted by Gasteiger charge is 2.27. The number of benzene rings is 1. The van der Waals surface area contributed by atoms with Crippen LogP contribution in [0.15, 0.2) is 30.3 Å². The summed E-state index contributed by atoms with van der Waals surface area (Å²) in [5.74, 6) is -0.444. The Morgan fingerprint density at radius 1 is 1.25 bits per heavy atom. The van der Waals surface area contributed by atoms with Gasteiger partial charge in [0.15, 0.2) is 0 Å². The molecule has 108 valence electrons. The number of hydrogen-bond donors (Lipinski definition) is 3. The van der Waals surface area contributed by atoms with Crippen LogP contribution in [0.2, 0.25) is 0 Å². The van der Waals surface area contributed by atoms with E-state index in [2.05, 4.69) is 10.6 Å². The van der Waals surface area contributed by atoms with Gasteiger partial charge in [0.25, 0.3) is 0 Å². The molecule has 1 aliphatic rings. The van der Waals surface area contributed by atoms with Gasteiger partial charge in [0.1, 0.15) is 6.04 Å². The van der Waals surface area contributed by atoms with E-state index in [0.29, 0.717) is 12.5 Å². The van der Waals surface area contributed by atoms with Crippen LogP contribution in [0.3, 0.4) is 0 Å². The lowest BCUT2D eigenvalue weighted by Crippen LogP contribution is -2.51. The largest absolute Gasteiger partial charge is 0.352 e. The molecule has 1 aromatic carbocycles. The summed E-state index contributed by atoms with van der Waals surface area (Å²) >= 11 is 0. The maximum Gasteiger partial charge on any atom is 0.242 e. The number of nitrogens with one attached hydrogen (secondary N) is 2. The van der Waals surface area contributed by atoms with E-state index in [9.17, 15) is 9.59 Å². The highest BCUT2D eigenvalue weighted by Crippen LogP contribution is 2.18. The molecule has 4 N–H and O–H groups in total. The molecule has 0 saturated heterocycles. The fraction of sp³-hybridized carbons (Fsp3) is 0.467. The van der Waals surface area contributed by atoms with E-state index >= 15 is 0 Å². The predicted molar refractivity (Wildman–Crippen MR) is 76.9 cm³/mol. The van der Waals surface area contributed by atoms with Crippen LogP contribution < -0.4 is 16.4 Å². The van der Waals surface area contributed by atoms with Crippen LogP contribution in [0.5, 0.6) is 0 Å². The molecule has 5 heteroatoms. The Hall–Kier alpha value is -1.88. The predicted octanol–water partition coefficient (Wildman–Crippen LogP) is 0.340. The van der Waals surface area contributed by atoms with Crippen molar-refractivity contribution in [1.82, 2.24) is 10.6 Å².